The lowest BCUT2D eigenvalue weighted by atomic mass is 9.79. The first kappa shape index (κ1) is 20.9. The average molecular weight is 432 g/mol. The zero-order valence-corrected chi connectivity index (χ0v) is 18.3. The van der Waals surface area contributed by atoms with Gasteiger partial charge in [-0.3, -0.25) is 9.69 Å². The van der Waals surface area contributed by atoms with Crippen LogP contribution in [0.5, 0.6) is 0 Å². The Hall–Kier alpha value is -2.96. The second-order valence-corrected chi connectivity index (χ2v) is 9.24. The summed E-state index contributed by atoms with van der Waals surface area (Å²) in [5, 5.41) is 18.7. The van der Waals surface area contributed by atoms with Crippen molar-refractivity contribution >= 4 is 5.91 Å². The molecule has 1 saturated heterocycles. The van der Waals surface area contributed by atoms with E-state index in [4.69, 9.17) is 4.52 Å². The highest BCUT2D eigenvalue weighted by Gasteiger charge is 2.47. The van der Waals surface area contributed by atoms with E-state index in [9.17, 15) is 9.90 Å². The van der Waals surface area contributed by atoms with Gasteiger partial charge in [0.15, 0.2) is 5.76 Å². The number of hydrogen-bond donors (Lipinski definition) is 2. The van der Waals surface area contributed by atoms with Gasteiger partial charge >= 0.3 is 0 Å². The molecule has 32 heavy (non-hydrogen) atoms. The van der Waals surface area contributed by atoms with Crippen LogP contribution in [0.15, 0.2) is 71.3 Å². The number of piperidine rings is 1. The highest BCUT2D eigenvalue weighted by Crippen LogP contribution is 2.39. The number of carbonyl (C=O) groups is 1. The standard InChI is InChI=1S/C26H29N3O3/c1-26(31)14-15-29(17-21-16-22(28-32-21)18-8-4-2-5-9-18)23(19-10-6-3-7-11-19)24(26)27-25(30)20-12-13-20/h2-11,16,20,23-24,31H,12-15,17H2,1H3,(H,27,30)/t23-,24-,26+/m0/s1. The number of nitrogens with one attached hydrogen (secondary N) is 1. The molecule has 2 aliphatic rings. The van der Waals surface area contributed by atoms with Crippen molar-refractivity contribution < 1.29 is 14.4 Å². The second-order valence-electron chi connectivity index (χ2n) is 9.24. The van der Waals surface area contributed by atoms with Crippen molar-refractivity contribution in [1.82, 2.24) is 15.4 Å². The van der Waals surface area contributed by atoms with Crippen molar-refractivity contribution in [2.24, 2.45) is 5.92 Å². The van der Waals surface area contributed by atoms with Crippen LogP contribution in [0, 0.1) is 5.92 Å². The van der Waals surface area contributed by atoms with Gasteiger partial charge in [0.1, 0.15) is 5.69 Å². The molecule has 1 saturated carbocycles. The van der Waals surface area contributed by atoms with Crippen molar-refractivity contribution in [1.29, 1.82) is 0 Å². The van der Waals surface area contributed by atoms with Crippen LogP contribution in [0.25, 0.3) is 11.3 Å². The Morgan fingerprint density at radius 3 is 2.53 bits per heavy atom. The molecule has 0 unspecified atom stereocenters. The number of amides is 1. The first-order chi connectivity index (χ1) is 15.5. The number of aromatic nitrogens is 1. The zero-order valence-electron chi connectivity index (χ0n) is 18.3. The molecular weight excluding hydrogens is 402 g/mol. The van der Waals surface area contributed by atoms with Gasteiger partial charge < -0.3 is 14.9 Å². The third kappa shape index (κ3) is 4.33. The summed E-state index contributed by atoms with van der Waals surface area (Å²) in [5.74, 6) is 0.892. The van der Waals surface area contributed by atoms with E-state index in [1.165, 1.54) is 0 Å². The predicted octanol–water partition coefficient (Wildman–Crippen LogP) is 3.93. The average Bonchev–Trinajstić information content (AvgIpc) is 3.56. The molecule has 0 spiro atoms. The van der Waals surface area contributed by atoms with Crippen LogP contribution in [0.2, 0.25) is 0 Å². The van der Waals surface area contributed by atoms with Gasteiger partial charge in [0.05, 0.1) is 24.2 Å². The molecule has 6 heteroatoms. The molecule has 1 aromatic heterocycles. The number of hydrogen-bond acceptors (Lipinski definition) is 5. The summed E-state index contributed by atoms with van der Waals surface area (Å²) in [7, 11) is 0. The molecule has 1 aliphatic carbocycles. The summed E-state index contributed by atoms with van der Waals surface area (Å²) in [6, 6.07) is 21.4. The normalized spacial score (nSPS) is 26.1. The molecule has 2 aromatic carbocycles. The Balaban J connectivity index is 1.44. The van der Waals surface area contributed by atoms with Crippen molar-refractivity contribution in [3.63, 3.8) is 0 Å². The minimum atomic E-state index is -1.00. The Labute approximate surface area is 188 Å². The van der Waals surface area contributed by atoms with E-state index in [1.807, 2.05) is 61.5 Å². The maximum Gasteiger partial charge on any atom is 0.223 e. The van der Waals surface area contributed by atoms with E-state index in [2.05, 4.69) is 27.5 Å². The van der Waals surface area contributed by atoms with Gasteiger partial charge in [-0.2, -0.15) is 0 Å². The van der Waals surface area contributed by atoms with Crippen molar-refractivity contribution in [2.45, 2.75) is 50.4 Å². The highest BCUT2D eigenvalue weighted by atomic mass is 16.5. The highest BCUT2D eigenvalue weighted by molar-refractivity contribution is 5.81. The summed E-state index contributed by atoms with van der Waals surface area (Å²) in [5.41, 5.74) is 1.88. The van der Waals surface area contributed by atoms with E-state index in [1.54, 1.807) is 0 Å². The van der Waals surface area contributed by atoms with Crippen LogP contribution in [-0.4, -0.2) is 39.3 Å². The maximum absolute atomic E-state index is 12.7. The fraction of sp³-hybridized carbons (Fsp3) is 0.385. The SMILES string of the molecule is C[C@@]1(O)CCN(Cc2cc(-c3ccccc3)no2)[C@@H](c2ccccc2)[C@@H]1NC(=O)C1CC1. The summed E-state index contributed by atoms with van der Waals surface area (Å²) >= 11 is 0. The van der Waals surface area contributed by atoms with Gasteiger partial charge in [-0.05, 0) is 31.7 Å². The molecule has 166 valence electrons. The molecule has 2 fully saturated rings. The molecule has 2 heterocycles. The van der Waals surface area contributed by atoms with Crippen LogP contribution in [0.4, 0.5) is 0 Å². The van der Waals surface area contributed by atoms with Gasteiger partial charge in [-0.15, -0.1) is 0 Å². The van der Waals surface area contributed by atoms with Gasteiger partial charge in [0.25, 0.3) is 0 Å². The lowest BCUT2D eigenvalue weighted by molar-refractivity contribution is -0.130. The summed E-state index contributed by atoms with van der Waals surface area (Å²) in [4.78, 5) is 15.0. The number of aliphatic hydroxyl groups is 1. The molecule has 2 N–H and O–H groups in total. The fourth-order valence-corrected chi connectivity index (χ4v) is 4.63. The first-order valence-corrected chi connectivity index (χ1v) is 11.3. The summed E-state index contributed by atoms with van der Waals surface area (Å²) in [6.45, 7) is 3.06. The van der Waals surface area contributed by atoms with E-state index < -0.39 is 11.6 Å². The van der Waals surface area contributed by atoms with Crippen LogP contribution in [0.3, 0.4) is 0 Å². The minimum absolute atomic E-state index is 0.0454. The van der Waals surface area contributed by atoms with Gasteiger partial charge in [0, 0.05) is 24.1 Å². The Morgan fingerprint density at radius 1 is 1.16 bits per heavy atom. The molecule has 1 aliphatic heterocycles. The smallest absolute Gasteiger partial charge is 0.223 e. The van der Waals surface area contributed by atoms with Crippen molar-refractivity contribution in [3.05, 3.63) is 78.1 Å². The number of rotatable bonds is 6. The Bertz CT molecular complexity index is 1060. The second kappa shape index (κ2) is 8.52. The molecule has 6 nitrogen and oxygen atoms in total. The molecule has 3 aromatic rings. The number of likely N-dealkylation sites (tertiary alicyclic amines) is 1. The van der Waals surface area contributed by atoms with Gasteiger partial charge in [-0.1, -0.05) is 65.8 Å². The van der Waals surface area contributed by atoms with E-state index in [0.717, 1.165) is 35.4 Å². The first-order valence-electron chi connectivity index (χ1n) is 11.3. The summed E-state index contributed by atoms with van der Waals surface area (Å²) < 4.78 is 5.68. The van der Waals surface area contributed by atoms with Crippen molar-refractivity contribution in [3.8, 4) is 11.3 Å². The monoisotopic (exact) mass is 431 g/mol. The summed E-state index contributed by atoms with van der Waals surface area (Å²) in [6.07, 6.45) is 2.42. The Kier molecular flexibility index (Phi) is 5.57. The van der Waals surface area contributed by atoms with Crippen LogP contribution in [0.1, 0.15) is 43.6 Å². The van der Waals surface area contributed by atoms with E-state index in [-0.39, 0.29) is 17.9 Å². The van der Waals surface area contributed by atoms with Crippen LogP contribution < -0.4 is 5.32 Å². The maximum atomic E-state index is 12.7. The predicted molar refractivity (Wildman–Crippen MR) is 121 cm³/mol. The fourth-order valence-electron chi connectivity index (χ4n) is 4.63. The van der Waals surface area contributed by atoms with Crippen LogP contribution >= 0.6 is 0 Å². The molecule has 3 atom stereocenters. The quantitative estimate of drug-likeness (QED) is 0.618. The Morgan fingerprint density at radius 2 is 1.84 bits per heavy atom. The molecule has 1 amide bonds. The number of carbonyl (C=O) groups excluding carboxylic acids is 1. The molecular formula is C26H29N3O3. The van der Waals surface area contributed by atoms with Crippen LogP contribution in [-0.2, 0) is 11.3 Å². The number of nitrogens with zero attached hydrogens (tertiary/aromatic N) is 2. The lowest BCUT2D eigenvalue weighted by Gasteiger charge is -2.49. The molecule has 5 rings (SSSR count). The lowest BCUT2D eigenvalue weighted by Crippen LogP contribution is -2.62. The third-order valence-corrected chi connectivity index (χ3v) is 6.66. The minimum Gasteiger partial charge on any atom is -0.388 e. The third-order valence-electron chi connectivity index (χ3n) is 6.66. The largest absolute Gasteiger partial charge is 0.388 e. The number of benzene rings is 2. The van der Waals surface area contributed by atoms with Gasteiger partial charge in [0.2, 0.25) is 5.91 Å². The molecule has 0 radical (unpaired) electrons. The van der Waals surface area contributed by atoms with E-state index in [0.29, 0.717) is 19.5 Å². The van der Waals surface area contributed by atoms with Crippen molar-refractivity contribution in [2.75, 3.05) is 6.54 Å². The van der Waals surface area contributed by atoms with Gasteiger partial charge in [-0.25, -0.2) is 0 Å². The zero-order chi connectivity index (χ0) is 22.1. The molecule has 0 bridgehead atoms. The topological polar surface area (TPSA) is 78.6 Å². The van der Waals surface area contributed by atoms with E-state index >= 15 is 0 Å².